The highest BCUT2D eigenvalue weighted by Gasteiger charge is 2.33. The number of hydrogen-bond donors (Lipinski definition) is 0. The summed E-state index contributed by atoms with van der Waals surface area (Å²) in [5, 5.41) is -0.926. The van der Waals surface area contributed by atoms with E-state index in [1.54, 1.807) is 0 Å². The van der Waals surface area contributed by atoms with E-state index in [4.69, 9.17) is 23.2 Å². The molecule has 0 aliphatic rings. The van der Waals surface area contributed by atoms with E-state index >= 15 is 0 Å². The van der Waals surface area contributed by atoms with Gasteiger partial charge in [0.2, 0.25) is 5.78 Å². The predicted molar refractivity (Wildman–Crippen MR) is 51.4 cm³/mol. The van der Waals surface area contributed by atoms with Crippen LogP contribution in [0.15, 0.2) is 12.1 Å². The van der Waals surface area contributed by atoms with Crippen molar-refractivity contribution in [2.45, 2.75) is 12.8 Å². The summed E-state index contributed by atoms with van der Waals surface area (Å²) in [5.74, 6) is -5.93. The van der Waals surface area contributed by atoms with Crippen LogP contribution < -0.4 is 0 Å². The van der Waals surface area contributed by atoms with Crippen molar-refractivity contribution in [2.75, 3.05) is 0 Å². The smallest absolute Gasteiger partial charge is 0.287 e. The van der Waals surface area contributed by atoms with Gasteiger partial charge in [0, 0.05) is 12.5 Å². The maximum absolute atomic E-state index is 12.9. The second kappa shape index (κ2) is 4.02. The maximum Gasteiger partial charge on any atom is 0.307 e. The van der Waals surface area contributed by atoms with Crippen LogP contribution in [-0.4, -0.2) is 11.7 Å². The topological polar surface area (TPSA) is 17.1 Å². The Bertz CT molecular complexity index is 389. The molecule has 0 unspecified atom stereocenters. The van der Waals surface area contributed by atoms with Crippen molar-refractivity contribution in [3.05, 3.63) is 33.6 Å². The minimum absolute atomic E-state index is 0.418. The minimum Gasteiger partial charge on any atom is -0.287 e. The Morgan fingerprint density at radius 3 is 2.00 bits per heavy atom. The molecule has 1 rings (SSSR count). The lowest BCUT2D eigenvalue weighted by Gasteiger charge is -2.09. The van der Waals surface area contributed by atoms with Gasteiger partial charge in [0.1, 0.15) is 0 Å². The van der Waals surface area contributed by atoms with E-state index in [0.29, 0.717) is 6.92 Å². The summed E-state index contributed by atoms with van der Waals surface area (Å²) in [6, 6.07) is 1.64. The maximum atomic E-state index is 12.9. The number of hydrogen-bond acceptors (Lipinski definition) is 1. The molecule has 0 atom stereocenters. The molecule has 0 aliphatic carbocycles. The molecule has 0 saturated heterocycles. The van der Waals surface area contributed by atoms with Gasteiger partial charge in [-0.15, -0.1) is 0 Å². The quantitative estimate of drug-likeness (QED) is 0.578. The predicted octanol–water partition coefficient (Wildman–Crippen LogP) is 3.97. The molecule has 82 valence electrons. The minimum atomic E-state index is -3.54. The van der Waals surface area contributed by atoms with Gasteiger partial charge in [-0.05, 0) is 12.1 Å². The number of Topliss-reactive ketones (excluding diaryl/α,β-unsaturated/α-hetero) is 1. The van der Waals surface area contributed by atoms with E-state index in [1.165, 1.54) is 0 Å². The molecular formula is C9H5Cl2F3O. The zero-order valence-electron chi connectivity index (χ0n) is 7.45. The van der Waals surface area contributed by atoms with Crippen molar-refractivity contribution >= 4 is 29.0 Å². The molecule has 1 aromatic rings. The van der Waals surface area contributed by atoms with Gasteiger partial charge in [0.25, 0.3) is 0 Å². The normalized spacial score (nSPS) is 11.6. The number of carbonyl (C=O) groups is 1. The molecule has 0 bridgehead atoms. The third-order valence-electron chi connectivity index (χ3n) is 1.64. The molecule has 0 spiro atoms. The van der Waals surface area contributed by atoms with Crippen molar-refractivity contribution < 1.29 is 18.0 Å². The molecule has 0 radical (unpaired) electrons. The van der Waals surface area contributed by atoms with Crippen molar-refractivity contribution in [1.29, 1.82) is 0 Å². The fraction of sp³-hybridized carbons (Fsp3) is 0.222. The second-order valence-corrected chi connectivity index (χ2v) is 3.79. The third-order valence-corrected chi connectivity index (χ3v) is 2.19. The van der Waals surface area contributed by atoms with Gasteiger partial charge in [-0.1, -0.05) is 23.2 Å². The second-order valence-electron chi connectivity index (χ2n) is 2.97. The van der Waals surface area contributed by atoms with Crippen LogP contribution in [0.4, 0.5) is 13.2 Å². The Labute approximate surface area is 93.8 Å². The summed E-state index contributed by atoms with van der Waals surface area (Å²) < 4.78 is 38.2. The Morgan fingerprint density at radius 1 is 1.27 bits per heavy atom. The summed E-state index contributed by atoms with van der Waals surface area (Å²) >= 11 is 10.7. The first-order valence-corrected chi connectivity index (χ1v) is 4.56. The molecule has 1 nitrogen and oxygen atoms in total. The fourth-order valence-corrected chi connectivity index (χ4v) is 1.43. The molecule has 15 heavy (non-hydrogen) atoms. The lowest BCUT2D eigenvalue weighted by molar-refractivity contribution is 0.0221. The van der Waals surface area contributed by atoms with Gasteiger partial charge in [-0.3, -0.25) is 4.79 Å². The third kappa shape index (κ3) is 2.63. The van der Waals surface area contributed by atoms with E-state index in [0.717, 1.165) is 12.1 Å². The highest BCUT2D eigenvalue weighted by Crippen LogP contribution is 2.28. The summed E-state index contributed by atoms with van der Waals surface area (Å²) in [7, 11) is 0. The number of alkyl halides is 2. The molecule has 0 aromatic heterocycles. The molecule has 0 N–H and O–H groups in total. The SMILES string of the molecule is CC(F)(F)C(=O)c1cc(Cl)c(F)c(Cl)c1. The Morgan fingerprint density at radius 2 is 1.67 bits per heavy atom. The number of carbonyl (C=O) groups excluding carboxylic acids is 1. The van der Waals surface area contributed by atoms with Crippen molar-refractivity contribution in [2.24, 2.45) is 0 Å². The molecule has 0 heterocycles. The molecule has 0 aliphatic heterocycles. The zero-order valence-corrected chi connectivity index (χ0v) is 8.96. The first kappa shape index (κ1) is 12.3. The van der Waals surface area contributed by atoms with Gasteiger partial charge in [0.15, 0.2) is 5.82 Å². The van der Waals surface area contributed by atoms with E-state index in [1.807, 2.05) is 0 Å². The molecule has 1 aromatic carbocycles. The van der Waals surface area contributed by atoms with Crippen LogP contribution in [0.1, 0.15) is 17.3 Å². The van der Waals surface area contributed by atoms with Crippen LogP contribution >= 0.6 is 23.2 Å². The van der Waals surface area contributed by atoms with E-state index in [9.17, 15) is 18.0 Å². The number of halogens is 5. The average molecular weight is 257 g/mol. The first-order valence-electron chi connectivity index (χ1n) is 3.80. The fourth-order valence-electron chi connectivity index (χ4n) is 0.940. The lowest BCUT2D eigenvalue weighted by atomic mass is 10.1. The zero-order chi connectivity index (χ0) is 11.8. The summed E-state index contributed by atoms with van der Waals surface area (Å²) in [5.41, 5.74) is -0.418. The molecule has 0 amide bonds. The Balaban J connectivity index is 3.24. The van der Waals surface area contributed by atoms with E-state index < -0.39 is 33.1 Å². The first-order chi connectivity index (χ1) is 6.73. The van der Waals surface area contributed by atoms with Gasteiger partial charge in [-0.2, -0.15) is 8.78 Å². The molecule has 6 heteroatoms. The van der Waals surface area contributed by atoms with Crippen LogP contribution in [0, 0.1) is 5.82 Å². The van der Waals surface area contributed by atoms with Crippen molar-refractivity contribution in [1.82, 2.24) is 0 Å². The van der Waals surface area contributed by atoms with Crippen LogP contribution in [0.25, 0.3) is 0 Å². The number of ketones is 1. The van der Waals surface area contributed by atoms with Crippen molar-refractivity contribution in [3.63, 3.8) is 0 Å². The highest BCUT2D eigenvalue weighted by molar-refractivity contribution is 6.35. The van der Waals surface area contributed by atoms with Crippen LogP contribution in [0.2, 0.25) is 10.0 Å². The summed E-state index contributed by atoms with van der Waals surface area (Å²) in [4.78, 5) is 11.1. The largest absolute Gasteiger partial charge is 0.307 e. The van der Waals surface area contributed by atoms with Gasteiger partial charge >= 0.3 is 5.92 Å². The molecule has 0 saturated carbocycles. The van der Waals surface area contributed by atoms with E-state index in [2.05, 4.69) is 0 Å². The monoisotopic (exact) mass is 256 g/mol. The average Bonchev–Trinajstić information content (AvgIpc) is 2.10. The van der Waals surface area contributed by atoms with Crippen LogP contribution in [-0.2, 0) is 0 Å². The lowest BCUT2D eigenvalue weighted by Crippen LogP contribution is -2.24. The van der Waals surface area contributed by atoms with E-state index in [-0.39, 0.29) is 0 Å². The Kier molecular flexibility index (Phi) is 3.31. The Hall–Kier alpha value is -0.740. The standard InChI is InChI=1S/C9H5Cl2F3O/c1-9(13,14)8(15)4-2-5(10)7(12)6(11)3-4/h2-3H,1H3. The summed E-state index contributed by atoms with van der Waals surface area (Å²) in [6.45, 7) is 0.445. The van der Waals surface area contributed by atoms with Gasteiger partial charge in [0.05, 0.1) is 10.0 Å². The number of rotatable bonds is 2. The van der Waals surface area contributed by atoms with Crippen LogP contribution in [0.5, 0.6) is 0 Å². The van der Waals surface area contributed by atoms with Gasteiger partial charge < -0.3 is 0 Å². The molecular weight excluding hydrogens is 252 g/mol. The van der Waals surface area contributed by atoms with Gasteiger partial charge in [-0.25, -0.2) is 4.39 Å². The summed E-state index contributed by atoms with van der Waals surface area (Å²) in [6.07, 6.45) is 0. The molecule has 0 fully saturated rings. The highest BCUT2D eigenvalue weighted by atomic mass is 35.5. The number of benzene rings is 1. The van der Waals surface area contributed by atoms with Crippen LogP contribution in [0.3, 0.4) is 0 Å². The van der Waals surface area contributed by atoms with Crippen molar-refractivity contribution in [3.8, 4) is 0 Å².